The molecule has 0 fully saturated rings. The summed E-state index contributed by atoms with van der Waals surface area (Å²) >= 11 is 0. The topological polar surface area (TPSA) is 71.8 Å². The van der Waals surface area contributed by atoms with Gasteiger partial charge in [-0.3, -0.25) is 9.48 Å². The molecule has 6 nitrogen and oxygen atoms in total. The lowest BCUT2D eigenvalue weighted by atomic mass is 10.1. The SMILES string of the molecule is CNc1ccc(C(=O)NCCn2ccnn2)cc1C. The smallest absolute Gasteiger partial charge is 0.251 e. The van der Waals surface area contributed by atoms with Gasteiger partial charge in [-0.1, -0.05) is 5.21 Å². The summed E-state index contributed by atoms with van der Waals surface area (Å²) in [6.45, 7) is 3.10. The molecule has 1 amide bonds. The second-order valence-electron chi connectivity index (χ2n) is 4.20. The zero-order valence-electron chi connectivity index (χ0n) is 11.1. The molecular weight excluding hydrogens is 242 g/mol. The monoisotopic (exact) mass is 259 g/mol. The van der Waals surface area contributed by atoms with Crippen molar-refractivity contribution < 1.29 is 4.79 Å². The van der Waals surface area contributed by atoms with E-state index >= 15 is 0 Å². The first kappa shape index (κ1) is 13.1. The number of nitrogens with zero attached hydrogens (tertiary/aromatic N) is 3. The van der Waals surface area contributed by atoms with Crippen molar-refractivity contribution in [2.24, 2.45) is 0 Å². The fraction of sp³-hybridized carbons (Fsp3) is 0.308. The predicted octanol–water partition coefficient (Wildman–Crippen LogP) is 1.06. The average molecular weight is 259 g/mol. The van der Waals surface area contributed by atoms with Crippen LogP contribution < -0.4 is 10.6 Å². The molecule has 0 saturated heterocycles. The van der Waals surface area contributed by atoms with Crippen molar-refractivity contribution in [3.63, 3.8) is 0 Å². The summed E-state index contributed by atoms with van der Waals surface area (Å²) in [6.07, 6.45) is 3.37. The number of carbonyl (C=O) groups excluding carboxylic acids is 1. The third-order valence-corrected chi connectivity index (χ3v) is 2.86. The average Bonchev–Trinajstić information content (AvgIpc) is 2.91. The molecule has 0 saturated carbocycles. The van der Waals surface area contributed by atoms with Crippen LogP contribution in [0.4, 0.5) is 5.69 Å². The summed E-state index contributed by atoms with van der Waals surface area (Å²) in [5.41, 5.74) is 2.74. The molecule has 2 N–H and O–H groups in total. The zero-order chi connectivity index (χ0) is 13.7. The quantitative estimate of drug-likeness (QED) is 0.842. The standard InChI is InChI=1S/C13H17N5O/c1-10-9-11(3-4-12(10)14-2)13(19)15-5-7-18-8-6-16-17-18/h3-4,6,8-9,14H,5,7H2,1-2H3,(H,15,19). The van der Waals surface area contributed by atoms with E-state index in [2.05, 4.69) is 20.9 Å². The van der Waals surface area contributed by atoms with Crippen molar-refractivity contribution in [1.82, 2.24) is 20.3 Å². The molecule has 0 unspecified atom stereocenters. The number of carbonyl (C=O) groups is 1. The Morgan fingerprint density at radius 2 is 2.26 bits per heavy atom. The lowest BCUT2D eigenvalue weighted by Crippen LogP contribution is -2.27. The molecule has 0 radical (unpaired) electrons. The van der Waals surface area contributed by atoms with Crippen LogP contribution in [-0.4, -0.2) is 34.5 Å². The maximum atomic E-state index is 11.9. The first-order valence-electron chi connectivity index (χ1n) is 6.11. The molecule has 19 heavy (non-hydrogen) atoms. The van der Waals surface area contributed by atoms with Gasteiger partial charge in [0.1, 0.15) is 0 Å². The first-order chi connectivity index (χ1) is 9.20. The maximum absolute atomic E-state index is 11.9. The molecule has 0 atom stereocenters. The number of hydrogen-bond acceptors (Lipinski definition) is 4. The Bertz CT molecular complexity index is 550. The molecule has 2 aromatic rings. The molecule has 1 heterocycles. The summed E-state index contributed by atoms with van der Waals surface area (Å²) in [5, 5.41) is 13.5. The Hall–Kier alpha value is -2.37. The number of aryl methyl sites for hydroxylation is 1. The predicted molar refractivity (Wildman–Crippen MR) is 73.1 cm³/mol. The van der Waals surface area contributed by atoms with Gasteiger partial charge in [0.15, 0.2) is 0 Å². The highest BCUT2D eigenvalue weighted by Crippen LogP contribution is 2.15. The Labute approximate surface area is 111 Å². The van der Waals surface area contributed by atoms with Crippen molar-refractivity contribution in [1.29, 1.82) is 0 Å². The summed E-state index contributed by atoms with van der Waals surface area (Å²) in [5.74, 6) is -0.0779. The van der Waals surface area contributed by atoms with Crippen molar-refractivity contribution in [2.75, 3.05) is 18.9 Å². The van der Waals surface area contributed by atoms with Crippen molar-refractivity contribution >= 4 is 11.6 Å². The third kappa shape index (κ3) is 3.31. The van der Waals surface area contributed by atoms with Crippen molar-refractivity contribution in [3.05, 3.63) is 41.7 Å². The van der Waals surface area contributed by atoms with Crippen LogP contribution in [0, 0.1) is 6.92 Å². The second kappa shape index (κ2) is 5.99. The normalized spacial score (nSPS) is 10.2. The van der Waals surface area contributed by atoms with Crippen LogP contribution in [0.2, 0.25) is 0 Å². The third-order valence-electron chi connectivity index (χ3n) is 2.86. The van der Waals surface area contributed by atoms with Gasteiger partial charge in [-0.15, -0.1) is 5.10 Å². The highest BCUT2D eigenvalue weighted by atomic mass is 16.1. The minimum Gasteiger partial charge on any atom is -0.388 e. The van der Waals surface area contributed by atoms with Crippen LogP contribution >= 0.6 is 0 Å². The van der Waals surface area contributed by atoms with Crippen LogP contribution in [0.1, 0.15) is 15.9 Å². The molecule has 0 bridgehead atoms. The van der Waals surface area contributed by atoms with Crippen LogP contribution in [0.25, 0.3) is 0 Å². The Balaban J connectivity index is 1.91. The minimum absolute atomic E-state index is 0.0779. The highest BCUT2D eigenvalue weighted by Gasteiger charge is 2.06. The highest BCUT2D eigenvalue weighted by molar-refractivity contribution is 5.94. The molecule has 1 aromatic heterocycles. The lowest BCUT2D eigenvalue weighted by Gasteiger charge is -2.08. The van der Waals surface area contributed by atoms with Crippen LogP contribution in [-0.2, 0) is 6.54 Å². The zero-order valence-corrected chi connectivity index (χ0v) is 11.1. The van der Waals surface area contributed by atoms with Gasteiger partial charge < -0.3 is 10.6 Å². The van der Waals surface area contributed by atoms with E-state index in [1.165, 1.54) is 0 Å². The molecule has 0 aliphatic heterocycles. The van der Waals surface area contributed by atoms with Crippen molar-refractivity contribution in [3.8, 4) is 0 Å². The number of rotatable bonds is 5. The molecule has 1 aromatic carbocycles. The fourth-order valence-corrected chi connectivity index (χ4v) is 1.82. The number of aromatic nitrogens is 3. The van der Waals surface area contributed by atoms with Gasteiger partial charge in [-0.05, 0) is 30.7 Å². The van der Waals surface area contributed by atoms with Gasteiger partial charge in [0, 0.05) is 31.0 Å². The van der Waals surface area contributed by atoms with Crippen LogP contribution in [0.5, 0.6) is 0 Å². The molecule has 100 valence electrons. The van der Waals surface area contributed by atoms with E-state index in [1.54, 1.807) is 17.1 Å². The van der Waals surface area contributed by atoms with Crippen LogP contribution in [0.15, 0.2) is 30.6 Å². The lowest BCUT2D eigenvalue weighted by molar-refractivity contribution is 0.0952. The first-order valence-corrected chi connectivity index (χ1v) is 6.11. The summed E-state index contributed by atoms with van der Waals surface area (Å²) in [4.78, 5) is 11.9. The van der Waals surface area contributed by atoms with Crippen molar-refractivity contribution in [2.45, 2.75) is 13.5 Å². The maximum Gasteiger partial charge on any atom is 0.251 e. The molecular formula is C13H17N5O. The van der Waals surface area contributed by atoms with Gasteiger partial charge in [-0.2, -0.15) is 0 Å². The minimum atomic E-state index is -0.0779. The molecule has 2 rings (SSSR count). The summed E-state index contributed by atoms with van der Waals surface area (Å²) in [6, 6.07) is 5.59. The van der Waals surface area contributed by atoms with Gasteiger partial charge >= 0.3 is 0 Å². The Morgan fingerprint density at radius 3 is 2.89 bits per heavy atom. The van der Waals surface area contributed by atoms with E-state index < -0.39 is 0 Å². The van der Waals surface area contributed by atoms with E-state index in [1.807, 2.05) is 32.2 Å². The molecule has 6 heteroatoms. The van der Waals surface area contributed by atoms with Gasteiger partial charge in [0.2, 0.25) is 0 Å². The van der Waals surface area contributed by atoms with E-state index in [9.17, 15) is 4.79 Å². The number of nitrogens with one attached hydrogen (secondary N) is 2. The van der Waals surface area contributed by atoms with E-state index in [0.29, 0.717) is 18.7 Å². The van der Waals surface area contributed by atoms with Gasteiger partial charge in [0.25, 0.3) is 5.91 Å². The second-order valence-corrected chi connectivity index (χ2v) is 4.20. The summed E-state index contributed by atoms with van der Waals surface area (Å²) in [7, 11) is 1.86. The Morgan fingerprint density at radius 1 is 1.42 bits per heavy atom. The Kier molecular flexibility index (Phi) is 4.12. The summed E-state index contributed by atoms with van der Waals surface area (Å²) < 4.78 is 1.68. The largest absolute Gasteiger partial charge is 0.388 e. The number of hydrogen-bond donors (Lipinski definition) is 2. The van der Waals surface area contributed by atoms with Gasteiger partial charge in [-0.25, -0.2) is 0 Å². The van der Waals surface area contributed by atoms with E-state index in [-0.39, 0.29) is 5.91 Å². The molecule has 0 spiro atoms. The van der Waals surface area contributed by atoms with E-state index in [0.717, 1.165) is 11.3 Å². The number of amides is 1. The van der Waals surface area contributed by atoms with Gasteiger partial charge in [0.05, 0.1) is 12.7 Å². The van der Waals surface area contributed by atoms with E-state index in [4.69, 9.17) is 0 Å². The molecule has 0 aliphatic rings. The van der Waals surface area contributed by atoms with Crippen LogP contribution in [0.3, 0.4) is 0 Å². The fourth-order valence-electron chi connectivity index (χ4n) is 1.82. The number of benzene rings is 1. The molecule has 0 aliphatic carbocycles. The number of anilines is 1.